The Morgan fingerprint density at radius 2 is 2.37 bits per heavy atom. The highest BCUT2D eigenvalue weighted by Gasteiger charge is 2.25. The van der Waals surface area contributed by atoms with Crippen LogP contribution in [0.5, 0.6) is 0 Å². The first-order valence-corrected chi connectivity index (χ1v) is 8.38. The Morgan fingerprint density at radius 1 is 1.58 bits per heavy atom. The average molecular weight is 437 g/mol. The molecular formula is C14H18BrIN2O. The summed E-state index contributed by atoms with van der Waals surface area (Å²) < 4.78 is 1.97. The van der Waals surface area contributed by atoms with E-state index in [2.05, 4.69) is 43.8 Å². The molecule has 1 aromatic carbocycles. The molecule has 1 amide bonds. The summed E-state index contributed by atoms with van der Waals surface area (Å²) in [5.74, 6) is 0.718. The topological polar surface area (TPSA) is 32.3 Å². The zero-order valence-electron chi connectivity index (χ0n) is 11.0. The quantitative estimate of drug-likeness (QED) is 0.738. The number of nitrogens with zero attached hydrogens (tertiary/aromatic N) is 1. The number of piperidine rings is 1. The van der Waals surface area contributed by atoms with E-state index >= 15 is 0 Å². The van der Waals surface area contributed by atoms with Gasteiger partial charge in [-0.25, -0.2) is 0 Å². The number of halogens is 2. The number of rotatable bonds is 3. The first kappa shape index (κ1) is 15.3. The zero-order valence-corrected chi connectivity index (χ0v) is 14.7. The van der Waals surface area contributed by atoms with Gasteiger partial charge >= 0.3 is 0 Å². The lowest BCUT2D eigenvalue weighted by molar-refractivity contribution is 0.0673. The van der Waals surface area contributed by atoms with Crippen LogP contribution < -0.4 is 5.32 Å². The highest BCUT2D eigenvalue weighted by molar-refractivity contribution is 14.1. The Kier molecular flexibility index (Phi) is 5.65. The second kappa shape index (κ2) is 7.04. The van der Waals surface area contributed by atoms with Crippen LogP contribution in [0.25, 0.3) is 0 Å². The van der Waals surface area contributed by atoms with Gasteiger partial charge in [-0.2, -0.15) is 0 Å². The van der Waals surface area contributed by atoms with Gasteiger partial charge in [-0.15, -0.1) is 0 Å². The molecule has 0 radical (unpaired) electrons. The molecular weight excluding hydrogens is 419 g/mol. The molecule has 1 aliphatic rings. The van der Waals surface area contributed by atoms with Gasteiger partial charge < -0.3 is 10.2 Å². The molecule has 0 aromatic heterocycles. The molecule has 3 nitrogen and oxygen atoms in total. The lowest BCUT2D eigenvalue weighted by Crippen LogP contribution is -2.42. The summed E-state index contributed by atoms with van der Waals surface area (Å²) in [4.78, 5) is 14.6. The minimum Gasteiger partial charge on any atom is -0.338 e. The number of likely N-dealkylation sites (tertiary alicyclic amines) is 1. The normalized spacial score (nSPS) is 19.5. The van der Waals surface area contributed by atoms with Crippen LogP contribution in [0.4, 0.5) is 0 Å². The van der Waals surface area contributed by atoms with Crippen LogP contribution in [-0.4, -0.2) is 37.5 Å². The zero-order chi connectivity index (χ0) is 13.8. The first-order chi connectivity index (χ1) is 9.11. The molecule has 2 rings (SSSR count). The molecule has 104 valence electrons. The maximum Gasteiger partial charge on any atom is 0.255 e. The number of nitrogens with one attached hydrogen (secondary N) is 1. The highest BCUT2D eigenvalue weighted by Crippen LogP contribution is 2.24. The SMILES string of the molecule is CNCC1CCCN(C(=O)c2cc(I)ccc2Br)C1. The predicted octanol–water partition coefficient (Wildman–Crippen LogP) is 3.13. The summed E-state index contributed by atoms with van der Waals surface area (Å²) in [6.45, 7) is 2.71. The summed E-state index contributed by atoms with van der Waals surface area (Å²) in [5.41, 5.74) is 0.775. The molecule has 1 N–H and O–H groups in total. The minimum atomic E-state index is 0.145. The van der Waals surface area contributed by atoms with Crippen LogP contribution in [0, 0.1) is 9.49 Å². The Hall–Kier alpha value is -0.140. The van der Waals surface area contributed by atoms with E-state index in [1.165, 1.54) is 6.42 Å². The van der Waals surface area contributed by atoms with Crippen molar-refractivity contribution in [3.63, 3.8) is 0 Å². The number of carbonyl (C=O) groups excluding carboxylic acids is 1. The molecule has 0 bridgehead atoms. The van der Waals surface area contributed by atoms with Crippen molar-refractivity contribution in [3.8, 4) is 0 Å². The van der Waals surface area contributed by atoms with Crippen LogP contribution in [0.1, 0.15) is 23.2 Å². The van der Waals surface area contributed by atoms with Crippen molar-refractivity contribution in [3.05, 3.63) is 31.8 Å². The summed E-state index contributed by atoms with van der Waals surface area (Å²) in [7, 11) is 1.97. The minimum absolute atomic E-state index is 0.145. The van der Waals surface area contributed by atoms with Crippen molar-refractivity contribution in [1.29, 1.82) is 0 Å². The number of carbonyl (C=O) groups is 1. The van der Waals surface area contributed by atoms with Gasteiger partial charge in [0, 0.05) is 21.1 Å². The van der Waals surface area contributed by atoms with Gasteiger partial charge in [0.05, 0.1) is 5.56 Å². The Bertz CT molecular complexity index is 465. The van der Waals surface area contributed by atoms with Gasteiger partial charge in [-0.05, 0) is 89.1 Å². The van der Waals surface area contributed by atoms with E-state index in [0.717, 1.165) is 39.7 Å². The second-order valence-corrected chi connectivity index (χ2v) is 7.04. The lowest BCUT2D eigenvalue weighted by Gasteiger charge is -2.33. The molecule has 1 aromatic rings. The number of hydrogen-bond acceptors (Lipinski definition) is 2. The molecule has 1 heterocycles. The third kappa shape index (κ3) is 3.92. The Balaban J connectivity index is 2.12. The highest BCUT2D eigenvalue weighted by atomic mass is 127. The van der Waals surface area contributed by atoms with Gasteiger partial charge in [0.25, 0.3) is 5.91 Å². The number of hydrogen-bond donors (Lipinski definition) is 1. The monoisotopic (exact) mass is 436 g/mol. The third-order valence-electron chi connectivity index (χ3n) is 3.46. The van der Waals surface area contributed by atoms with Crippen molar-refractivity contribution in [1.82, 2.24) is 10.2 Å². The average Bonchev–Trinajstić information content (AvgIpc) is 2.41. The second-order valence-electron chi connectivity index (χ2n) is 4.94. The molecule has 1 fully saturated rings. The van der Waals surface area contributed by atoms with Gasteiger partial charge in [0.2, 0.25) is 0 Å². The van der Waals surface area contributed by atoms with Crippen molar-refractivity contribution in [2.45, 2.75) is 12.8 Å². The van der Waals surface area contributed by atoms with Gasteiger partial charge in [-0.1, -0.05) is 0 Å². The maximum absolute atomic E-state index is 12.6. The summed E-state index contributed by atoms with van der Waals surface area (Å²) >= 11 is 5.72. The molecule has 1 saturated heterocycles. The molecule has 0 spiro atoms. The van der Waals surface area contributed by atoms with Crippen LogP contribution in [0.3, 0.4) is 0 Å². The molecule has 1 aliphatic heterocycles. The van der Waals surface area contributed by atoms with Crippen LogP contribution in [0.15, 0.2) is 22.7 Å². The fourth-order valence-corrected chi connectivity index (χ4v) is 3.44. The van der Waals surface area contributed by atoms with E-state index in [1.54, 1.807) is 0 Å². The number of benzene rings is 1. The molecule has 5 heteroatoms. The number of amides is 1. The van der Waals surface area contributed by atoms with E-state index in [-0.39, 0.29) is 5.91 Å². The van der Waals surface area contributed by atoms with Crippen LogP contribution in [-0.2, 0) is 0 Å². The van der Waals surface area contributed by atoms with Crippen molar-refractivity contribution in [2.24, 2.45) is 5.92 Å². The van der Waals surface area contributed by atoms with E-state index in [9.17, 15) is 4.79 Å². The van der Waals surface area contributed by atoms with Crippen molar-refractivity contribution in [2.75, 3.05) is 26.7 Å². The molecule has 1 unspecified atom stereocenters. The van der Waals surface area contributed by atoms with Crippen LogP contribution in [0.2, 0.25) is 0 Å². The summed E-state index contributed by atoms with van der Waals surface area (Å²) in [5, 5.41) is 3.21. The van der Waals surface area contributed by atoms with E-state index in [0.29, 0.717) is 5.92 Å². The standard InChI is InChI=1S/C14H18BrIN2O/c1-17-8-10-3-2-6-18(9-10)14(19)12-7-11(16)4-5-13(12)15/h4-5,7,10,17H,2-3,6,8-9H2,1H3. The van der Waals surface area contributed by atoms with E-state index in [4.69, 9.17) is 0 Å². The van der Waals surface area contributed by atoms with Crippen LogP contribution >= 0.6 is 38.5 Å². The molecule has 0 aliphatic carbocycles. The maximum atomic E-state index is 12.6. The summed E-state index contributed by atoms with van der Waals surface area (Å²) in [6.07, 6.45) is 2.30. The largest absolute Gasteiger partial charge is 0.338 e. The fourth-order valence-electron chi connectivity index (χ4n) is 2.54. The van der Waals surface area contributed by atoms with E-state index < -0.39 is 0 Å². The van der Waals surface area contributed by atoms with Gasteiger partial charge in [-0.3, -0.25) is 4.79 Å². The van der Waals surface area contributed by atoms with Gasteiger partial charge in [0.15, 0.2) is 0 Å². The Labute approximate surface area is 136 Å². The first-order valence-electron chi connectivity index (χ1n) is 6.50. The lowest BCUT2D eigenvalue weighted by atomic mass is 9.97. The fraction of sp³-hybridized carbons (Fsp3) is 0.500. The van der Waals surface area contributed by atoms with E-state index in [1.807, 2.05) is 30.1 Å². The Morgan fingerprint density at radius 3 is 3.11 bits per heavy atom. The third-order valence-corrected chi connectivity index (χ3v) is 4.82. The smallest absolute Gasteiger partial charge is 0.255 e. The molecule has 19 heavy (non-hydrogen) atoms. The van der Waals surface area contributed by atoms with Crippen molar-refractivity contribution < 1.29 is 4.79 Å². The van der Waals surface area contributed by atoms with Gasteiger partial charge in [0.1, 0.15) is 0 Å². The predicted molar refractivity (Wildman–Crippen MR) is 89.4 cm³/mol. The molecule has 1 atom stereocenters. The molecule has 0 saturated carbocycles. The van der Waals surface area contributed by atoms with Crippen molar-refractivity contribution >= 4 is 44.4 Å². The summed E-state index contributed by atoms with van der Waals surface area (Å²) in [6, 6.07) is 5.90.